The summed E-state index contributed by atoms with van der Waals surface area (Å²) in [6.45, 7) is 4.48. The summed E-state index contributed by atoms with van der Waals surface area (Å²) in [5.74, 6) is -2.66. The Kier molecular flexibility index (Phi) is 4.71. The predicted molar refractivity (Wildman–Crippen MR) is 65.9 cm³/mol. The molecule has 0 aromatic rings. The van der Waals surface area contributed by atoms with Crippen LogP contribution in [0.4, 0.5) is 13.2 Å². The molecular weight excluding hydrogens is 275 g/mol. The van der Waals surface area contributed by atoms with Crippen molar-refractivity contribution < 1.29 is 27.9 Å². The minimum absolute atomic E-state index is 0.0493. The van der Waals surface area contributed by atoms with Crippen molar-refractivity contribution >= 4 is 11.9 Å². The van der Waals surface area contributed by atoms with E-state index in [0.29, 0.717) is 0 Å². The quantitative estimate of drug-likeness (QED) is 0.867. The second-order valence-electron chi connectivity index (χ2n) is 5.57. The minimum atomic E-state index is -4.85. The van der Waals surface area contributed by atoms with Crippen LogP contribution in [0.1, 0.15) is 33.6 Å². The molecule has 0 saturated carbocycles. The van der Waals surface area contributed by atoms with E-state index in [1.807, 2.05) is 13.8 Å². The van der Waals surface area contributed by atoms with Gasteiger partial charge in [0.2, 0.25) is 5.91 Å². The van der Waals surface area contributed by atoms with Crippen molar-refractivity contribution in [3.63, 3.8) is 0 Å². The maximum atomic E-state index is 13.0. The fraction of sp³-hybridized carbons (Fsp3) is 0.846. The Morgan fingerprint density at radius 1 is 1.35 bits per heavy atom. The van der Waals surface area contributed by atoms with Crippen molar-refractivity contribution in [1.29, 1.82) is 0 Å². The van der Waals surface area contributed by atoms with Gasteiger partial charge in [-0.1, -0.05) is 27.2 Å². The van der Waals surface area contributed by atoms with Gasteiger partial charge in [0, 0.05) is 19.0 Å². The van der Waals surface area contributed by atoms with Crippen LogP contribution < -0.4 is 0 Å². The van der Waals surface area contributed by atoms with Crippen LogP contribution in [0.5, 0.6) is 0 Å². The van der Waals surface area contributed by atoms with E-state index in [1.165, 1.54) is 0 Å². The van der Waals surface area contributed by atoms with Gasteiger partial charge in [0.15, 0.2) is 5.41 Å². The van der Waals surface area contributed by atoms with Crippen molar-refractivity contribution in [2.45, 2.75) is 39.8 Å². The van der Waals surface area contributed by atoms with Gasteiger partial charge < -0.3 is 10.0 Å². The summed E-state index contributed by atoms with van der Waals surface area (Å²) in [5, 5.41) is 8.93. The summed E-state index contributed by atoms with van der Waals surface area (Å²) >= 11 is 0. The predicted octanol–water partition coefficient (Wildman–Crippen LogP) is 2.53. The Labute approximate surface area is 115 Å². The van der Waals surface area contributed by atoms with Gasteiger partial charge in [-0.25, -0.2) is 0 Å². The number of likely N-dealkylation sites (tertiary alicyclic amines) is 1. The number of carbonyl (C=O) groups excluding carboxylic acids is 1. The Bertz CT molecular complexity index is 397. The molecule has 0 aromatic carbocycles. The monoisotopic (exact) mass is 295 g/mol. The van der Waals surface area contributed by atoms with Crippen molar-refractivity contribution in [3.8, 4) is 0 Å². The Morgan fingerprint density at radius 2 is 1.90 bits per heavy atom. The summed E-state index contributed by atoms with van der Waals surface area (Å²) in [6.07, 6.45) is -4.69. The third kappa shape index (κ3) is 2.76. The molecule has 0 bridgehead atoms. The lowest BCUT2D eigenvalue weighted by Gasteiger charge is -2.29. The second-order valence-corrected chi connectivity index (χ2v) is 5.57. The SMILES string of the molecule is CCC(C)C(C)C(=O)N1CCC(C(=O)O)(C(F)(F)F)C1. The Morgan fingerprint density at radius 3 is 2.25 bits per heavy atom. The Balaban J connectivity index is 2.90. The summed E-state index contributed by atoms with van der Waals surface area (Å²) in [5.41, 5.74) is -2.82. The normalized spacial score (nSPS) is 26.4. The molecule has 3 unspecified atom stereocenters. The van der Waals surface area contributed by atoms with Gasteiger partial charge in [0.05, 0.1) is 0 Å². The van der Waals surface area contributed by atoms with Gasteiger partial charge in [0.1, 0.15) is 0 Å². The molecule has 1 saturated heterocycles. The number of rotatable bonds is 4. The van der Waals surface area contributed by atoms with Gasteiger partial charge in [-0.3, -0.25) is 9.59 Å². The number of alkyl halides is 3. The molecule has 0 aliphatic carbocycles. The zero-order valence-electron chi connectivity index (χ0n) is 11.8. The highest BCUT2D eigenvalue weighted by Gasteiger charge is 2.64. The first kappa shape index (κ1) is 16.8. The molecule has 1 heterocycles. The molecule has 1 N–H and O–H groups in total. The average Bonchev–Trinajstić information content (AvgIpc) is 2.81. The van der Waals surface area contributed by atoms with Crippen LogP contribution in [0.3, 0.4) is 0 Å². The molecule has 1 aliphatic heterocycles. The molecule has 1 aliphatic rings. The molecule has 116 valence electrons. The van der Waals surface area contributed by atoms with E-state index in [1.54, 1.807) is 6.92 Å². The van der Waals surface area contributed by atoms with Gasteiger partial charge in [-0.15, -0.1) is 0 Å². The first-order valence-corrected chi connectivity index (χ1v) is 6.65. The van der Waals surface area contributed by atoms with Crippen LogP contribution in [-0.4, -0.2) is 41.1 Å². The number of hydrogen-bond donors (Lipinski definition) is 1. The van der Waals surface area contributed by atoms with Crippen molar-refractivity contribution in [1.82, 2.24) is 4.90 Å². The standard InChI is InChI=1S/C13H20F3NO3/c1-4-8(2)9(3)10(18)17-6-5-12(7-17,11(19)20)13(14,15)16/h8-9H,4-7H2,1-3H3,(H,19,20). The molecule has 20 heavy (non-hydrogen) atoms. The van der Waals surface area contributed by atoms with E-state index in [2.05, 4.69) is 0 Å². The molecule has 1 amide bonds. The summed E-state index contributed by atoms with van der Waals surface area (Å²) < 4.78 is 39.0. The highest BCUT2D eigenvalue weighted by atomic mass is 19.4. The van der Waals surface area contributed by atoms with E-state index in [9.17, 15) is 22.8 Å². The topological polar surface area (TPSA) is 57.6 Å². The zero-order valence-corrected chi connectivity index (χ0v) is 11.8. The lowest BCUT2D eigenvalue weighted by molar-refractivity contribution is -0.227. The van der Waals surface area contributed by atoms with Crippen molar-refractivity contribution in [3.05, 3.63) is 0 Å². The molecule has 3 atom stereocenters. The maximum absolute atomic E-state index is 13.0. The summed E-state index contributed by atoms with van der Waals surface area (Å²) in [4.78, 5) is 24.2. The van der Waals surface area contributed by atoms with Gasteiger partial charge in [0.25, 0.3) is 0 Å². The van der Waals surface area contributed by atoms with E-state index in [-0.39, 0.29) is 12.5 Å². The largest absolute Gasteiger partial charge is 0.481 e. The van der Waals surface area contributed by atoms with Crippen molar-refractivity contribution in [2.24, 2.45) is 17.3 Å². The van der Waals surface area contributed by atoms with Crippen LogP contribution >= 0.6 is 0 Å². The maximum Gasteiger partial charge on any atom is 0.406 e. The van der Waals surface area contributed by atoms with Crippen LogP contribution in [0, 0.1) is 17.3 Å². The first-order valence-electron chi connectivity index (χ1n) is 6.65. The number of carboxylic acids is 1. The molecule has 7 heteroatoms. The van der Waals surface area contributed by atoms with Crippen LogP contribution in [-0.2, 0) is 9.59 Å². The number of aliphatic carboxylic acids is 1. The smallest absolute Gasteiger partial charge is 0.406 e. The van der Waals surface area contributed by atoms with Gasteiger partial charge >= 0.3 is 12.1 Å². The lowest BCUT2D eigenvalue weighted by atomic mass is 9.86. The zero-order chi connectivity index (χ0) is 15.7. The third-order valence-corrected chi connectivity index (χ3v) is 4.42. The minimum Gasteiger partial charge on any atom is -0.481 e. The summed E-state index contributed by atoms with van der Waals surface area (Å²) in [6, 6.07) is 0. The number of carboxylic acid groups (broad SMARTS) is 1. The number of hydrogen-bond acceptors (Lipinski definition) is 2. The molecule has 1 fully saturated rings. The number of carbonyl (C=O) groups is 2. The fourth-order valence-corrected chi connectivity index (χ4v) is 2.41. The molecule has 0 radical (unpaired) electrons. The van der Waals surface area contributed by atoms with Crippen LogP contribution in [0.15, 0.2) is 0 Å². The molecular formula is C13H20F3NO3. The molecule has 1 rings (SSSR count). The van der Waals surface area contributed by atoms with Crippen molar-refractivity contribution in [2.75, 3.05) is 13.1 Å². The number of halogens is 3. The van der Waals surface area contributed by atoms with Crippen LogP contribution in [0.2, 0.25) is 0 Å². The van der Waals surface area contributed by atoms with E-state index in [0.717, 1.165) is 11.3 Å². The second kappa shape index (κ2) is 5.61. The average molecular weight is 295 g/mol. The van der Waals surface area contributed by atoms with Gasteiger partial charge in [-0.2, -0.15) is 13.2 Å². The third-order valence-electron chi connectivity index (χ3n) is 4.42. The molecule has 0 aromatic heterocycles. The number of amides is 1. The first-order chi connectivity index (χ1) is 9.06. The van der Waals surface area contributed by atoms with Gasteiger partial charge in [-0.05, 0) is 12.3 Å². The highest BCUT2D eigenvalue weighted by Crippen LogP contribution is 2.46. The van der Waals surface area contributed by atoms with E-state index >= 15 is 0 Å². The highest BCUT2D eigenvalue weighted by molar-refractivity contribution is 5.82. The Hall–Kier alpha value is -1.27. The molecule has 4 nitrogen and oxygen atoms in total. The van der Waals surface area contributed by atoms with E-state index < -0.39 is 42.4 Å². The van der Waals surface area contributed by atoms with E-state index in [4.69, 9.17) is 5.11 Å². The number of nitrogens with zero attached hydrogens (tertiary/aromatic N) is 1. The summed E-state index contributed by atoms with van der Waals surface area (Å²) in [7, 11) is 0. The molecule has 0 spiro atoms. The fourth-order valence-electron chi connectivity index (χ4n) is 2.41. The van der Waals surface area contributed by atoms with Crippen LogP contribution in [0.25, 0.3) is 0 Å². The lowest BCUT2D eigenvalue weighted by Crippen LogP contribution is -2.48.